The van der Waals surface area contributed by atoms with Crippen molar-refractivity contribution in [3.63, 3.8) is 0 Å². The molecule has 27 heavy (non-hydrogen) atoms. The summed E-state index contributed by atoms with van der Waals surface area (Å²) < 4.78 is 5.47. The number of hydrogen-bond donors (Lipinski definition) is 1. The number of pyridine rings is 1. The number of nitrogens with zero attached hydrogens (tertiary/aromatic N) is 1. The fraction of sp³-hybridized carbons (Fsp3) is 0.130. The van der Waals surface area contributed by atoms with Gasteiger partial charge in [0.2, 0.25) is 0 Å². The van der Waals surface area contributed by atoms with E-state index in [-0.39, 0.29) is 11.5 Å². The van der Waals surface area contributed by atoms with Crippen molar-refractivity contribution in [2.45, 2.75) is 11.8 Å². The standard InChI is InChI=1S/C23H21NO3/c1-3-13-27-19-9-10-20(21(25)14-19)23(22(26)4-2)11-5-7-17(15-23)18-8-6-12-24-16-18/h3-12,14,16,25H,1-2,13,15H2. The molecule has 0 aliphatic heterocycles. The van der Waals surface area contributed by atoms with Crippen molar-refractivity contribution in [2.75, 3.05) is 6.61 Å². The Morgan fingerprint density at radius 1 is 1.33 bits per heavy atom. The molecule has 2 aromatic rings. The minimum atomic E-state index is -1.03. The van der Waals surface area contributed by atoms with Crippen LogP contribution in [0.1, 0.15) is 17.5 Å². The Balaban J connectivity index is 2.04. The Bertz CT molecular complexity index is 928. The van der Waals surface area contributed by atoms with Gasteiger partial charge >= 0.3 is 0 Å². The predicted octanol–water partition coefficient (Wildman–Crippen LogP) is 4.39. The second-order valence-electron chi connectivity index (χ2n) is 6.29. The summed E-state index contributed by atoms with van der Waals surface area (Å²) in [7, 11) is 0. The van der Waals surface area contributed by atoms with Crippen molar-refractivity contribution in [1.82, 2.24) is 4.98 Å². The first-order valence-electron chi connectivity index (χ1n) is 8.63. The van der Waals surface area contributed by atoms with Crippen molar-refractivity contribution in [3.05, 3.63) is 97.4 Å². The summed E-state index contributed by atoms with van der Waals surface area (Å²) in [6.45, 7) is 7.60. The number of carbonyl (C=O) groups excluding carboxylic acids is 1. The van der Waals surface area contributed by atoms with Crippen LogP contribution in [0.4, 0.5) is 0 Å². The van der Waals surface area contributed by atoms with Crippen LogP contribution >= 0.6 is 0 Å². The smallest absolute Gasteiger partial charge is 0.169 e. The van der Waals surface area contributed by atoms with Gasteiger partial charge in [-0.2, -0.15) is 0 Å². The Kier molecular flexibility index (Phi) is 5.36. The molecule has 1 aromatic carbocycles. The minimum Gasteiger partial charge on any atom is -0.507 e. The molecule has 1 atom stereocenters. The maximum atomic E-state index is 12.9. The van der Waals surface area contributed by atoms with Crippen LogP contribution in [0.2, 0.25) is 0 Å². The fourth-order valence-corrected chi connectivity index (χ4v) is 3.30. The molecule has 0 spiro atoms. The van der Waals surface area contributed by atoms with E-state index >= 15 is 0 Å². The molecular formula is C23H21NO3. The predicted molar refractivity (Wildman–Crippen MR) is 107 cm³/mol. The van der Waals surface area contributed by atoms with Gasteiger partial charge < -0.3 is 9.84 Å². The summed E-state index contributed by atoms with van der Waals surface area (Å²) >= 11 is 0. The molecule has 1 unspecified atom stereocenters. The van der Waals surface area contributed by atoms with Crippen molar-refractivity contribution in [1.29, 1.82) is 0 Å². The van der Waals surface area contributed by atoms with Gasteiger partial charge in [0.1, 0.15) is 18.1 Å². The SMILES string of the molecule is C=CCOc1ccc(C2(C(=O)C=C)C=CC=C(c3cccnc3)C2)c(O)c1. The van der Waals surface area contributed by atoms with E-state index in [9.17, 15) is 9.90 Å². The first kappa shape index (κ1) is 18.4. The van der Waals surface area contributed by atoms with Crippen LogP contribution < -0.4 is 4.74 Å². The molecule has 136 valence electrons. The molecule has 0 fully saturated rings. The Morgan fingerprint density at radius 3 is 2.85 bits per heavy atom. The highest BCUT2D eigenvalue weighted by Crippen LogP contribution is 2.44. The number of phenolic OH excluding ortho intramolecular Hbond substituents is 1. The highest BCUT2D eigenvalue weighted by molar-refractivity contribution is 6.03. The van der Waals surface area contributed by atoms with Crippen LogP contribution in [0.5, 0.6) is 11.5 Å². The van der Waals surface area contributed by atoms with Gasteiger partial charge in [0, 0.05) is 24.0 Å². The maximum Gasteiger partial charge on any atom is 0.169 e. The lowest BCUT2D eigenvalue weighted by Gasteiger charge is -2.32. The van der Waals surface area contributed by atoms with Crippen LogP contribution in [0.3, 0.4) is 0 Å². The highest BCUT2D eigenvalue weighted by Gasteiger charge is 2.40. The number of allylic oxidation sites excluding steroid dienone is 5. The molecule has 1 aromatic heterocycles. The van der Waals surface area contributed by atoms with E-state index < -0.39 is 5.41 Å². The Hall–Kier alpha value is -3.40. The van der Waals surface area contributed by atoms with E-state index in [4.69, 9.17) is 4.74 Å². The number of aromatic nitrogens is 1. The van der Waals surface area contributed by atoms with Gasteiger partial charge in [0.25, 0.3) is 0 Å². The molecule has 1 N–H and O–H groups in total. The number of benzene rings is 1. The van der Waals surface area contributed by atoms with Crippen LogP contribution in [0.15, 0.2) is 86.3 Å². The number of ketones is 1. The quantitative estimate of drug-likeness (QED) is 0.588. The normalized spacial score (nSPS) is 18.4. The van der Waals surface area contributed by atoms with E-state index in [1.165, 1.54) is 12.1 Å². The average Bonchev–Trinajstić information content (AvgIpc) is 2.72. The minimum absolute atomic E-state index is 0.00356. The average molecular weight is 359 g/mol. The Labute approximate surface area is 158 Å². The number of phenols is 1. The molecule has 4 heteroatoms. The zero-order valence-electron chi connectivity index (χ0n) is 15.0. The largest absolute Gasteiger partial charge is 0.507 e. The number of rotatable bonds is 7. The van der Waals surface area contributed by atoms with Gasteiger partial charge in [0.15, 0.2) is 5.78 Å². The molecule has 0 bridgehead atoms. The molecule has 1 aliphatic rings. The lowest BCUT2D eigenvalue weighted by molar-refractivity contribution is -0.118. The summed E-state index contributed by atoms with van der Waals surface area (Å²) in [5.41, 5.74) is 1.40. The van der Waals surface area contributed by atoms with Gasteiger partial charge in [-0.1, -0.05) is 49.6 Å². The number of hydrogen-bond acceptors (Lipinski definition) is 4. The van der Waals surface area contributed by atoms with Crippen LogP contribution in [0, 0.1) is 0 Å². The zero-order chi connectivity index (χ0) is 19.3. The molecule has 4 nitrogen and oxygen atoms in total. The molecule has 0 amide bonds. The molecule has 0 saturated heterocycles. The molecule has 3 rings (SSSR count). The summed E-state index contributed by atoms with van der Waals surface area (Å²) in [6, 6.07) is 8.80. The topological polar surface area (TPSA) is 59.4 Å². The van der Waals surface area contributed by atoms with Crippen LogP contribution in [-0.2, 0) is 10.2 Å². The second-order valence-corrected chi connectivity index (χ2v) is 6.29. The number of aromatic hydroxyl groups is 1. The molecule has 0 radical (unpaired) electrons. The second kappa shape index (κ2) is 7.87. The first-order chi connectivity index (χ1) is 13.1. The molecular weight excluding hydrogens is 338 g/mol. The van der Waals surface area contributed by atoms with Gasteiger partial charge in [-0.05, 0) is 35.8 Å². The van der Waals surface area contributed by atoms with Crippen molar-refractivity contribution in [3.8, 4) is 11.5 Å². The molecule has 1 aliphatic carbocycles. The lowest BCUT2D eigenvalue weighted by atomic mass is 9.69. The zero-order valence-corrected chi connectivity index (χ0v) is 15.0. The van der Waals surface area contributed by atoms with Crippen molar-refractivity contribution < 1.29 is 14.6 Å². The Morgan fingerprint density at radius 2 is 2.19 bits per heavy atom. The van der Waals surface area contributed by atoms with Gasteiger partial charge in [0.05, 0.1) is 5.41 Å². The van der Waals surface area contributed by atoms with E-state index in [1.54, 1.807) is 30.6 Å². The van der Waals surface area contributed by atoms with E-state index in [0.717, 1.165) is 11.1 Å². The highest BCUT2D eigenvalue weighted by atomic mass is 16.5. The van der Waals surface area contributed by atoms with Gasteiger partial charge in [-0.25, -0.2) is 0 Å². The van der Waals surface area contributed by atoms with Crippen LogP contribution in [-0.4, -0.2) is 22.5 Å². The van der Waals surface area contributed by atoms with Gasteiger partial charge in [-0.3, -0.25) is 9.78 Å². The van der Waals surface area contributed by atoms with Crippen LogP contribution in [0.25, 0.3) is 5.57 Å². The molecule has 1 heterocycles. The summed E-state index contributed by atoms with van der Waals surface area (Å²) in [5.74, 6) is 0.340. The monoisotopic (exact) mass is 359 g/mol. The van der Waals surface area contributed by atoms with Crippen molar-refractivity contribution >= 4 is 11.4 Å². The summed E-state index contributed by atoms with van der Waals surface area (Å²) in [6.07, 6.45) is 12.4. The maximum absolute atomic E-state index is 12.9. The third-order valence-corrected chi connectivity index (χ3v) is 4.62. The van der Waals surface area contributed by atoms with E-state index in [1.807, 2.05) is 30.4 Å². The third kappa shape index (κ3) is 3.60. The fourth-order valence-electron chi connectivity index (χ4n) is 3.30. The molecule has 0 saturated carbocycles. The van der Waals surface area contributed by atoms with Gasteiger partial charge in [-0.15, -0.1) is 0 Å². The lowest BCUT2D eigenvalue weighted by Crippen LogP contribution is -2.34. The third-order valence-electron chi connectivity index (χ3n) is 4.62. The van der Waals surface area contributed by atoms with Crippen molar-refractivity contribution in [2.24, 2.45) is 0 Å². The van der Waals surface area contributed by atoms with E-state index in [0.29, 0.717) is 24.3 Å². The summed E-state index contributed by atoms with van der Waals surface area (Å²) in [5, 5.41) is 10.7. The summed E-state index contributed by atoms with van der Waals surface area (Å²) in [4.78, 5) is 17.1. The number of ether oxygens (including phenoxy) is 1. The first-order valence-corrected chi connectivity index (χ1v) is 8.63. The van der Waals surface area contributed by atoms with E-state index in [2.05, 4.69) is 18.1 Å². The number of carbonyl (C=O) groups is 1.